The Labute approximate surface area is 135 Å². The molecule has 0 aliphatic rings. The highest BCUT2D eigenvalue weighted by Crippen LogP contribution is 2.26. The minimum absolute atomic E-state index is 1.17. The second-order valence-corrected chi connectivity index (χ2v) is 10.8. The summed E-state index contributed by atoms with van der Waals surface area (Å²) in [7, 11) is 0. The van der Waals surface area contributed by atoms with Crippen molar-refractivity contribution in [1.29, 1.82) is 0 Å². The molecule has 0 aliphatic carbocycles. The van der Waals surface area contributed by atoms with Crippen LogP contribution in [0.4, 0.5) is 0 Å². The van der Waals surface area contributed by atoms with Crippen molar-refractivity contribution in [2.24, 2.45) is 0 Å². The maximum absolute atomic E-state index is 3.32. The molecule has 0 amide bonds. The summed E-state index contributed by atoms with van der Waals surface area (Å²) < 4.78 is 5.06. The van der Waals surface area contributed by atoms with Crippen LogP contribution in [0.25, 0.3) is 0 Å². The smallest absolute Gasteiger partial charge is 0.0710 e. The predicted octanol–water partition coefficient (Wildman–Crippen LogP) is 6.23. The number of rotatable bonds is 0. The van der Waals surface area contributed by atoms with Crippen LogP contribution in [-0.2, 0) is 0 Å². The van der Waals surface area contributed by atoms with E-state index >= 15 is 0 Å². The van der Waals surface area contributed by atoms with Gasteiger partial charge in [-0.15, -0.1) is 22.7 Å². The van der Waals surface area contributed by atoms with Crippen molar-refractivity contribution in [2.75, 3.05) is 0 Å². The van der Waals surface area contributed by atoms with E-state index in [2.05, 4.69) is 89.2 Å². The lowest BCUT2D eigenvalue weighted by atomic mass is 10.7. The third kappa shape index (κ3) is 5.78. The summed E-state index contributed by atoms with van der Waals surface area (Å²) in [4.78, 5) is 0. The van der Waals surface area contributed by atoms with Gasteiger partial charge in [0, 0.05) is 0 Å². The molecule has 0 aliphatic heterocycles. The summed E-state index contributed by atoms with van der Waals surface area (Å²) in [6.07, 6.45) is 0. The highest BCUT2D eigenvalue weighted by atomic mass is 127. The molecular formula is C8H4Br2I2S2. The molecular weight excluding hydrogens is 574 g/mol. The fraction of sp³-hybridized carbons (Fsp3) is 0. The number of hydrogen-bond acceptors (Lipinski definition) is 2. The Bertz CT molecular complexity index is 326. The van der Waals surface area contributed by atoms with Crippen molar-refractivity contribution in [3.63, 3.8) is 0 Å². The highest BCUT2D eigenvalue weighted by molar-refractivity contribution is 14.1. The Morgan fingerprint density at radius 1 is 0.786 bits per heavy atom. The van der Waals surface area contributed by atoms with Crippen LogP contribution in [0.3, 0.4) is 0 Å². The normalized spacial score (nSPS) is 9.43. The minimum atomic E-state index is 1.17. The van der Waals surface area contributed by atoms with E-state index in [0.29, 0.717) is 0 Å². The molecule has 76 valence electrons. The molecule has 2 heterocycles. The number of halogens is 4. The molecule has 0 bridgehead atoms. The van der Waals surface area contributed by atoms with Gasteiger partial charge in [0.05, 0.1) is 13.3 Å². The van der Waals surface area contributed by atoms with Gasteiger partial charge in [0.2, 0.25) is 0 Å². The van der Waals surface area contributed by atoms with Crippen LogP contribution in [-0.4, -0.2) is 0 Å². The largest absolute Gasteiger partial charge is 0.123 e. The fourth-order valence-electron chi connectivity index (χ4n) is 0.584. The molecule has 0 nitrogen and oxygen atoms in total. The molecule has 6 heteroatoms. The van der Waals surface area contributed by atoms with Crippen molar-refractivity contribution in [3.05, 3.63) is 37.6 Å². The molecule has 0 atom stereocenters. The highest BCUT2D eigenvalue weighted by Gasteiger charge is 1.88. The lowest BCUT2D eigenvalue weighted by molar-refractivity contribution is 1.93. The van der Waals surface area contributed by atoms with Gasteiger partial charge in [0.1, 0.15) is 0 Å². The van der Waals surface area contributed by atoms with Crippen LogP contribution in [0, 0.1) is 5.77 Å². The lowest BCUT2D eigenvalue weighted by Gasteiger charge is -1.67. The third-order valence-electron chi connectivity index (χ3n) is 1.08. The van der Waals surface area contributed by atoms with Crippen LogP contribution in [0.15, 0.2) is 31.8 Å². The van der Waals surface area contributed by atoms with E-state index in [-0.39, 0.29) is 0 Å². The van der Waals surface area contributed by atoms with Gasteiger partial charge in [-0.05, 0) is 101 Å². The fourth-order valence-corrected chi connectivity index (χ4v) is 6.51. The summed E-state index contributed by atoms with van der Waals surface area (Å²) in [6.45, 7) is 0. The lowest BCUT2D eigenvalue weighted by Crippen LogP contribution is -1.39. The topological polar surface area (TPSA) is 0 Å². The summed E-state index contributed by atoms with van der Waals surface area (Å²) in [5, 5.41) is 0. The molecule has 0 fully saturated rings. The first kappa shape index (κ1) is 13.9. The van der Waals surface area contributed by atoms with Crippen molar-refractivity contribution in [1.82, 2.24) is 0 Å². The quantitative estimate of drug-likeness (QED) is 0.326. The molecule has 0 radical (unpaired) electrons. The molecule has 0 spiro atoms. The van der Waals surface area contributed by atoms with Crippen molar-refractivity contribution >= 4 is 99.7 Å². The van der Waals surface area contributed by atoms with Crippen LogP contribution < -0.4 is 0 Å². The van der Waals surface area contributed by atoms with E-state index in [0.717, 1.165) is 0 Å². The summed E-state index contributed by atoms with van der Waals surface area (Å²) in [6, 6.07) is 8.25. The van der Waals surface area contributed by atoms with Gasteiger partial charge in [-0.25, -0.2) is 0 Å². The van der Waals surface area contributed by atoms with E-state index in [4.69, 9.17) is 0 Å². The van der Waals surface area contributed by atoms with Crippen LogP contribution in [0.2, 0.25) is 0 Å². The first-order valence-electron chi connectivity index (χ1n) is 3.39. The third-order valence-corrected chi connectivity index (χ3v) is 5.95. The molecule has 0 N–H and O–H groups in total. The van der Waals surface area contributed by atoms with Gasteiger partial charge in [-0.2, -0.15) is 0 Å². The first-order chi connectivity index (χ1) is 6.58. The standard InChI is InChI=1S/C4H2Br2S.C4H2I2S/c2*5-3-1-2-4(6)7-3/h2*1-2H. The van der Waals surface area contributed by atoms with Gasteiger partial charge in [0.15, 0.2) is 0 Å². The van der Waals surface area contributed by atoms with E-state index < -0.39 is 0 Å². The van der Waals surface area contributed by atoms with Crippen LogP contribution in [0.1, 0.15) is 0 Å². The molecule has 2 aromatic rings. The minimum Gasteiger partial charge on any atom is -0.123 e. The molecule has 0 unspecified atom stereocenters. The van der Waals surface area contributed by atoms with Gasteiger partial charge >= 0.3 is 0 Å². The van der Waals surface area contributed by atoms with Gasteiger partial charge < -0.3 is 0 Å². The Morgan fingerprint density at radius 2 is 1.21 bits per heavy atom. The van der Waals surface area contributed by atoms with Crippen molar-refractivity contribution in [2.45, 2.75) is 0 Å². The van der Waals surface area contributed by atoms with Gasteiger partial charge in [-0.1, -0.05) is 0 Å². The first-order valence-corrected chi connectivity index (χ1v) is 8.77. The van der Waals surface area contributed by atoms with E-state index in [9.17, 15) is 0 Å². The molecule has 0 saturated carbocycles. The molecule has 0 aromatic carbocycles. The Hall–Kier alpha value is 1.82. The van der Waals surface area contributed by atoms with E-state index in [1.165, 1.54) is 13.3 Å². The van der Waals surface area contributed by atoms with E-state index in [1.807, 2.05) is 23.5 Å². The van der Waals surface area contributed by atoms with Crippen LogP contribution >= 0.6 is 99.7 Å². The zero-order valence-corrected chi connectivity index (χ0v) is 15.8. The summed E-state index contributed by atoms with van der Waals surface area (Å²) in [5.74, 6) is 0. The zero-order chi connectivity index (χ0) is 10.6. The van der Waals surface area contributed by atoms with Gasteiger partial charge in [0.25, 0.3) is 0 Å². The van der Waals surface area contributed by atoms with Crippen molar-refractivity contribution in [3.8, 4) is 0 Å². The molecule has 2 aromatic heterocycles. The SMILES string of the molecule is Brc1ccc(Br)s1.Ic1ccc(I)s1. The average molecular weight is 578 g/mol. The molecule has 0 saturated heterocycles. The molecule has 14 heavy (non-hydrogen) atoms. The Balaban J connectivity index is 0.000000140. The Morgan fingerprint density at radius 3 is 1.36 bits per heavy atom. The zero-order valence-electron chi connectivity index (χ0n) is 6.64. The van der Waals surface area contributed by atoms with Gasteiger partial charge in [-0.3, -0.25) is 0 Å². The number of thiophene rings is 2. The van der Waals surface area contributed by atoms with Crippen molar-refractivity contribution < 1.29 is 0 Å². The summed E-state index contributed by atoms with van der Waals surface area (Å²) >= 11 is 14.8. The maximum atomic E-state index is 3.32. The Kier molecular flexibility index (Phi) is 7.15. The average Bonchev–Trinajstić information content (AvgIpc) is 2.63. The summed E-state index contributed by atoms with van der Waals surface area (Å²) in [5.41, 5.74) is 0. The van der Waals surface area contributed by atoms with Crippen LogP contribution in [0.5, 0.6) is 0 Å². The number of hydrogen-bond donors (Lipinski definition) is 0. The predicted molar refractivity (Wildman–Crippen MR) is 89.5 cm³/mol. The van der Waals surface area contributed by atoms with E-state index in [1.54, 1.807) is 11.3 Å². The molecule has 2 rings (SSSR count). The second-order valence-electron chi connectivity index (χ2n) is 2.09. The maximum Gasteiger partial charge on any atom is 0.0710 e. The second kappa shape index (κ2) is 7.21. The monoisotopic (exact) mass is 576 g/mol.